The van der Waals surface area contributed by atoms with Crippen molar-refractivity contribution in [3.8, 4) is 10.6 Å². The van der Waals surface area contributed by atoms with Crippen LogP contribution in [0.15, 0.2) is 78.9 Å². The molecule has 0 spiro atoms. The van der Waals surface area contributed by atoms with Crippen LogP contribution >= 0.6 is 22.7 Å². The van der Waals surface area contributed by atoms with Gasteiger partial charge in [0.1, 0.15) is 14.9 Å². The molecule has 2 heterocycles. The number of esters is 1. The summed E-state index contributed by atoms with van der Waals surface area (Å²) in [6.07, 6.45) is 0. The number of para-hydroxylation sites is 1. The number of aromatic nitrogens is 1. The summed E-state index contributed by atoms with van der Waals surface area (Å²) in [4.78, 5) is 43.7. The van der Waals surface area contributed by atoms with E-state index < -0.39 is 5.97 Å². The number of thiazole rings is 1. The quantitative estimate of drug-likeness (QED) is 0.182. The molecule has 5 aromatic rings. The average Bonchev–Trinajstić information content (AvgIpc) is 3.49. The van der Waals surface area contributed by atoms with E-state index in [1.807, 2.05) is 49.4 Å². The van der Waals surface area contributed by atoms with Gasteiger partial charge in [-0.15, -0.1) is 22.7 Å². The summed E-state index contributed by atoms with van der Waals surface area (Å²) in [7, 11) is 0. The van der Waals surface area contributed by atoms with E-state index in [-0.39, 0.29) is 18.3 Å². The maximum Gasteiger partial charge on any atom is 0.348 e. The van der Waals surface area contributed by atoms with Crippen LogP contribution in [0.3, 0.4) is 0 Å². The van der Waals surface area contributed by atoms with Gasteiger partial charge in [0.15, 0.2) is 5.78 Å². The van der Waals surface area contributed by atoms with Gasteiger partial charge in [-0.1, -0.05) is 54.6 Å². The van der Waals surface area contributed by atoms with E-state index >= 15 is 0 Å². The molecule has 1 N–H and O–H groups in total. The van der Waals surface area contributed by atoms with Crippen LogP contribution < -0.4 is 5.32 Å². The third-order valence-electron chi connectivity index (χ3n) is 5.79. The molecule has 0 aliphatic carbocycles. The molecule has 1 amide bonds. The number of carbonyl (C=O) groups excluding carboxylic acids is 3. The number of amides is 1. The summed E-state index contributed by atoms with van der Waals surface area (Å²) in [6, 6.07) is 23.3. The summed E-state index contributed by atoms with van der Waals surface area (Å²) in [5.41, 5.74) is 3.74. The van der Waals surface area contributed by atoms with Crippen molar-refractivity contribution in [2.24, 2.45) is 0 Å². The molecule has 0 aliphatic rings. The number of ether oxygens (including phenoxy) is 1. The van der Waals surface area contributed by atoms with Crippen molar-refractivity contribution in [2.45, 2.75) is 13.8 Å². The molecular weight excluding hydrogens is 504 g/mol. The van der Waals surface area contributed by atoms with Gasteiger partial charge in [0.05, 0.1) is 16.8 Å². The second-order valence-corrected chi connectivity index (χ2v) is 10.2. The highest BCUT2D eigenvalue weighted by molar-refractivity contribution is 7.23. The highest BCUT2D eigenvalue weighted by Gasteiger charge is 2.25. The van der Waals surface area contributed by atoms with Crippen molar-refractivity contribution in [3.63, 3.8) is 0 Å². The molecule has 0 fully saturated rings. The van der Waals surface area contributed by atoms with Crippen molar-refractivity contribution in [3.05, 3.63) is 106 Å². The van der Waals surface area contributed by atoms with Crippen LogP contribution in [0.4, 0.5) is 5.00 Å². The zero-order valence-corrected chi connectivity index (χ0v) is 21.7. The molecule has 0 atom stereocenters. The Kier molecular flexibility index (Phi) is 6.94. The van der Waals surface area contributed by atoms with Crippen molar-refractivity contribution < 1.29 is 19.1 Å². The number of ketones is 1. The maximum atomic E-state index is 13.2. The fraction of sp³-hybridized carbons (Fsp3) is 0.103. The largest absolute Gasteiger partial charge is 0.462 e. The summed E-state index contributed by atoms with van der Waals surface area (Å²) in [6.45, 7) is 3.84. The number of fused-ring (bicyclic) bond motifs is 1. The molecule has 5 rings (SSSR count). The van der Waals surface area contributed by atoms with Gasteiger partial charge in [0.25, 0.3) is 5.91 Å². The van der Waals surface area contributed by atoms with E-state index in [0.717, 1.165) is 10.2 Å². The maximum absolute atomic E-state index is 13.2. The van der Waals surface area contributed by atoms with Crippen LogP contribution in [0.1, 0.15) is 48.4 Å². The van der Waals surface area contributed by atoms with Crippen LogP contribution in [0.2, 0.25) is 0 Å². The lowest BCUT2D eigenvalue weighted by molar-refractivity contribution is 0.0531. The zero-order valence-electron chi connectivity index (χ0n) is 20.1. The van der Waals surface area contributed by atoms with Crippen molar-refractivity contribution in [1.82, 2.24) is 4.98 Å². The van der Waals surface area contributed by atoms with E-state index in [0.29, 0.717) is 42.7 Å². The monoisotopic (exact) mass is 526 g/mol. The normalized spacial score (nSPS) is 10.9. The van der Waals surface area contributed by atoms with Gasteiger partial charge in [-0.05, 0) is 43.7 Å². The standard InChI is InChI=1S/C29H22N2O4S2/c1-3-35-29(34)25-17(2)23(27-30-21-11-7-8-12-22(21)36-27)28(37-25)31-26(33)20-15-13-19(14-16-20)24(32)18-9-5-4-6-10-18/h4-16H,3H2,1-2H3,(H,31,33). The minimum Gasteiger partial charge on any atom is -0.462 e. The Bertz CT molecular complexity index is 1590. The zero-order chi connectivity index (χ0) is 25.9. The first-order chi connectivity index (χ1) is 18.0. The van der Waals surface area contributed by atoms with E-state index in [4.69, 9.17) is 9.72 Å². The number of hydrogen-bond acceptors (Lipinski definition) is 7. The number of benzene rings is 3. The minimum atomic E-state index is -0.434. The lowest BCUT2D eigenvalue weighted by atomic mass is 10.0. The second kappa shape index (κ2) is 10.5. The molecule has 0 unspecified atom stereocenters. The van der Waals surface area contributed by atoms with Crippen molar-refractivity contribution in [2.75, 3.05) is 11.9 Å². The third kappa shape index (κ3) is 4.94. The minimum absolute atomic E-state index is 0.112. The molecule has 3 aromatic carbocycles. The first-order valence-electron chi connectivity index (χ1n) is 11.6. The first-order valence-corrected chi connectivity index (χ1v) is 13.3. The van der Waals surface area contributed by atoms with Gasteiger partial charge in [-0.2, -0.15) is 0 Å². The fourth-order valence-corrected chi connectivity index (χ4v) is 6.17. The molecule has 0 saturated heterocycles. The Morgan fingerprint density at radius 1 is 0.838 bits per heavy atom. The van der Waals surface area contributed by atoms with Gasteiger partial charge < -0.3 is 10.1 Å². The van der Waals surface area contributed by atoms with Crippen LogP contribution in [0.5, 0.6) is 0 Å². The Balaban J connectivity index is 1.47. The molecule has 0 bridgehead atoms. The lowest BCUT2D eigenvalue weighted by Gasteiger charge is -2.07. The van der Waals surface area contributed by atoms with E-state index in [1.165, 1.54) is 22.7 Å². The van der Waals surface area contributed by atoms with Gasteiger partial charge in [0, 0.05) is 22.3 Å². The number of nitrogens with one attached hydrogen (secondary N) is 1. The summed E-state index contributed by atoms with van der Waals surface area (Å²) >= 11 is 2.67. The van der Waals surface area contributed by atoms with E-state index in [9.17, 15) is 14.4 Å². The molecule has 37 heavy (non-hydrogen) atoms. The third-order valence-corrected chi connectivity index (χ3v) is 8.03. The van der Waals surface area contributed by atoms with Crippen molar-refractivity contribution in [1.29, 1.82) is 0 Å². The highest BCUT2D eigenvalue weighted by atomic mass is 32.1. The number of carbonyl (C=O) groups is 3. The molecule has 6 nitrogen and oxygen atoms in total. The highest BCUT2D eigenvalue weighted by Crippen LogP contribution is 2.43. The molecule has 2 aromatic heterocycles. The number of thiophene rings is 1. The van der Waals surface area contributed by atoms with Crippen LogP contribution in [0.25, 0.3) is 20.8 Å². The molecular formula is C29H22N2O4S2. The first kappa shape index (κ1) is 24.5. The van der Waals surface area contributed by atoms with Crippen LogP contribution in [-0.4, -0.2) is 29.3 Å². The van der Waals surface area contributed by atoms with Crippen LogP contribution in [-0.2, 0) is 4.74 Å². The summed E-state index contributed by atoms with van der Waals surface area (Å²) in [5.74, 6) is -0.895. The Morgan fingerprint density at radius 2 is 1.49 bits per heavy atom. The average molecular weight is 527 g/mol. The number of rotatable bonds is 7. The Morgan fingerprint density at radius 3 is 2.19 bits per heavy atom. The van der Waals surface area contributed by atoms with Gasteiger partial charge in [0.2, 0.25) is 0 Å². The smallest absolute Gasteiger partial charge is 0.348 e. The van der Waals surface area contributed by atoms with Crippen molar-refractivity contribution >= 4 is 55.6 Å². The van der Waals surface area contributed by atoms with Crippen LogP contribution in [0, 0.1) is 6.92 Å². The molecule has 0 saturated carbocycles. The molecule has 184 valence electrons. The summed E-state index contributed by atoms with van der Waals surface area (Å²) in [5, 5.41) is 4.20. The Labute approximate surface area is 221 Å². The molecule has 0 aliphatic heterocycles. The number of nitrogens with zero attached hydrogens (tertiary/aromatic N) is 1. The number of hydrogen-bond donors (Lipinski definition) is 1. The van der Waals surface area contributed by atoms with Gasteiger partial charge >= 0.3 is 5.97 Å². The summed E-state index contributed by atoms with van der Waals surface area (Å²) < 4.78 is 6.25. The lowest BCUT2D eigenvalue weighted by Crippen LogP contribution is -2.12. The predicted molar refractivity (Wildman–Crippen MR) is 148 cm³/mol. The molecule has 8 heteroatoms. The van der Waals surface area contributed by atoms with E-state index in [1.54, 1.807) is 43.3 Å². The topological polar surface area (TPSA) is 85.4 Å². The van der Waals surface area contributed by atoms with E-state index in [2.05, 4.69) is 5.32 Å². The fourth-order valence-electron chi connectivity index (χ4n) is 3.93. The molecule has 0 radical (unpaired) electrons. The number of anilines is 1. The SMILES string of the molecule is CCOC(=O)c1sc(NC(=O)c2ccc(C(=O)c3ccccc3)cc2)c(-c2nc3ccccc3s2)c1C. The second-order valence-electron chi connectivity index (χ2n) is 8.19. The Hall–Kier alpha value is -4.14. The van der Waals surface area contributed by atoms with Gasteiger partial charge in [-0.25, -0.2) is 9.78 Å². The predicted octanol–water partition coefficient (Wildman–Crippen LogP) is 6.99. The van der Waals surface area contributed by atoms with Gasteiger partial charge in [-0.3, -0.25) is 9.59 Å².